The van der Waals surface area contributed by atoms with Crippen molar-refractivity contribution in [3.05, 3.63) is 23.8 Å². The maximum absolute atomic E-state index is 12.7. The molecule has 0 aromatic heterocycles. The molecule has 0 heterocycles. The number of nitrogens with zero attached hydrogens (tertiary/aromatic N) is 1. The minimum absolute atomic E-state index is 0.260. The lowest BCUT2D eigenvalue weighted by atomic mass is 10.1. The summed E-state index contributed by atoms with van der Waals surface area (Å²) >= 11 is 0. The maximum Gasteiger partial charge on any atom is 0.418 e. The zero-order valence-corrected chi connectivity index (χ0v) is 10.4. The highest BCUT2D eigenvalue weighted by molar-refractivity contribution is 5.59. The van der Waals surface area contributed by atoms with E-state index in [0.717, 1.165) is 6.07 Å². The quantitative estimate of drug-likeness (QED) is 0.655. The molecule has 6 heteroatoms. The molecule has 0 radical (unpaired) electrons. The number of nitrogen functional groups attached to an aromatic ring is 1. The molecule has 0 aliphatic heterocycles. The lowest BCUT2D eigenvalue weighted by molar-refractivity contribution is -0.136. The van der Waals surface area contributed by atoms with Gasteiger partial charge in [0.2, 0.25) is 0 Å². The number of rotatable bonds is 5. The summed E-state index contributed by atoms with van der Waals surface area (Å²) in [4.78, 5) is 1.70. The highest BCUT2D eigenvalue weighted by atomic mass is 19.4. The van der Waals surface area contributed by atoms with E-state index in [1.165, 1.54) is 6.07 Å². The lowest BCUT2D eigenvalue weighted by Crippen LogP contribution is -2.23. The predicted molar refractivity (Wildman–Crippen MR) is 65.6 cm³/mol. The van der Waals surface area contributed by atoms with Gasteiger partial charge in [-0.1, -0.05) is 0 Å². The second-order valence-electron chi connectivity index (χ2n) is 3.89. The second kappa shape index (κ2) is 5.95. The molecule has 102 valence electrons. The first-order valence-corrected chi connectivity index (χ1v) is 5.62. The Labute approximate surface area is 104 Å². The zero-order valence-electron chi connectivity index (χ0n) is 10.4. The molecule has 0 bridgehead atoms. The van der Waals surface area contributed by atoms with Crippen LogP contribution in [0.15, 0.2) is 18.2 Å². The van der Waals surface area contributed by atoms with E-state index >= 15 is 0 Å². The molecule has 0 atom stereocenters. The van der Waals surface area contributed by atoms with Crippen LogP contribution in [-0.4, -0.2) is 26.8 Å². The smallest absolute Gasteiger partial charge is 0.398 e. The molecule has 0 aliphatic carbocycles. The Morgan fingerprint density at radius 1 is 1.33 bits per heavy atom. The molecule has 1 rings (SSSR count). The molecule has 18 heavy (non-hydrogen) atoms. The van der Waals surface area contributed by atoms with E-state index < -0.39 is 11.7 Å². The topological polar surface area (TPSA) is 38.5 Å². The summed E-state index contributed by atoms with van der Waals surface area (Å²) in [6.45, 7) is 3.45. The van der Waals surface area contributed by atoms with Crippen LogP contribution in [0.2, 0.25) is 0 Å². The highest BCUT2D eigenvalue weighted by Crippen LogP contribution is 2.35. The van der Waals surface area contributed by atoms with Gasteiger partial charge in [0.1, 0.15) is 0 Å². The standard InChI is InChI=1S/C12H17F3N2O/c1-3-18-7-6-17(2)9-4-5-11(16)10(8-9)12(13,14)15/h4-5,8H,3,6-7,16H2,1-2H3. The van der Waals surface area contributed by atoms with Crippen LogP contribution < -0.4 is 10.6 Å². The maximum atomic E-state index is 12.7. The van der Waals surface area contributed by atoms with Crippen molar-refractivity contribution in [1.82, 2.24) is 0 Å². The third-order valence-corrected chi connectivity index (χ3v) is 2.56. The summed E-state index contributed by atoms with van der Waals surface area (Å²) in [5.74, 6) is 0. The van der Waals surface area contributed by atoms with E-state index in [2.05, 4.69) is 0 Å². The molecule has 3 nitrogen and oxygen atoms in total. The van der Waals surface area contributed by atoms with Gasteiger partial charge in [-0.25, -0.2) is 0 Å². The van der Waals surface area contributed by atoms with Crippen LogP contribution in [0.3, 0.4) is 0 Å². The Balaban J connectivity index is 2.84. The molecule has 0 aliphatic rings. The molecule has 1 aromatic rings. The first kappa shape index (κ1) is 14.6. The van der Waals surface area contributed by atoms with Crippen LogP contribution >= 0.6 is 0 Å². The van der Waals surface area contributed by atoms with Gasteiger partial charge in [0, 0.05) is 31.6 Å². The normalized spacial score (nSPS) is 11.6. The van der Waals surface area contributed by atoms with Crippen LogP contribution in [0.4, 0.5) is 24.5 Å². The minimum atomic E-state index is -4.43. The van der Waals surface area contributed by atoms with Crippen molar-refractivity contribution in [1.29, 1.82) is 0 Å². The SMILES string of the molecule is CCOCCN(C)c1ccc(N)c(C(F)(F)F)c1. The van der Waals surface area contributed by atoms with Crippen LogP contribution in [0.1, 0.15) is 12.5 Å². The summed E-state index contributed by atoms with van der Waals surface area (Å²) < 4.78 is 43.2. The van der Waals surface area contributed by atoms with E-state index in [0.29, 0.717) is 25.4 Å². The Hall–Kier alpha value is -1.43. The van der Waals surface area contributed by atoms with Gasteiger partial charge < -0.3 is 15.4 Å². The van der Waals surface area contributed by atoms with Crippen molar-refractivity contribution in [3.8, 4) is 0 Å². The van der Waals surface area contributed by atoms with E-state index in [1.54, 1.807) is 18.0 Å². The lowest BCUT2D eigenvalue weighted by Gasteiger charge is -2.21. The van der Waals surface area contributed by atoms with Crippen molar-refractivity contribution in [2.45, 2.75) is 13.1 Å². The monoisotopic (exact) mass is 262 g/mol. The van der Waals surface area contributed by atoms with Crippen LogP contribution in [0.5, 0.6) is 0 Å². The predicted octanol–water partition coefficient (Wildman–Crippen LogP) is 2.76. The average molecular weight is 262 g/mol. The van der Waals surface area contributed by atoms with Crippen molar-refractivity contribution in [2.24, 2.45) is 0 Å². The van der Waals surface area contributed by atoms with E-state index in [9.17, 15) is 13.2 Å². The summed E-state index contributed by atoms with van der Waals surface area (Å²) in [7, 11) is 1.71. The molecule has 0 saturated heterocycles. The van der Waals surface area contributed by atoms with Gasteiger partial charge in [-0.15, -0.1) is 0 Å². The Morgan fingerprint density at radius 3 is 2.56 bits per heavy atom. The third kappa shape index (κ3) is 3.80. The van der Waals surface area contributed by atoms with Crippen LogP contribution in [0.25, 0.3) is 0 Å². The molecule has 0 fully saturated rings. The Bertz CT molecular complexity index is 393. The summed E-state index contributed by atoms with van der Waals surface area (Å²) in [5.41, 5.74) is 4.74. The number of hydrogen-bond acceptors (Lipinski definition) is 3. The number of nitrogens with two attached hydrogens (primary N) is 1. The Morgan fingerprint density at radius 2 is 2.00 bits per heavy atom. The van der Waals surface area contributed by atoms with Crippen molar-refractivity contribution in [2.75, 3.05) is 37.4 Å². The fraction of sp³-hybridized carbons (Fsp3) is 0.500. The highest BCUT2D eigenvalue weighted by Gasteiger charge is 2.33. The number of halogens is 3. The van der Waals surface area contributed by atoms with Crippen molar-refractivity contribution < 1.29 is 17.9 Å². The largest absolute Gasteiger partial charge is 0.418 e. The van der Waals surface area contributed by atoms with E-state index in [-0.39, 0.29) is 5.69 Å². The van der Waals surface area contributed by atoms with Gasteiger partial charge in [-0.3, -0.25) is 0 Å². The fourth-order valence-electron chi connectivity index (χ4n) is 1.50. The molecular weight excluding hydrogens is 245 g/mol. The second-order valence-corrected chi connectivity index (χ2v) is 3.89. The molecule has 0 spiro atoms. The Kier molecular flexibility index (Phi) is 4.84. The van der Waals surface area contributed by atoms with E-state index in [4.69, 9.17) is 10.5 Å². The molecule has 0 unspecified atom stereocenters. The molecule has 1 aromatic carbocycles. The number of likely N-dealkylation sites (N-methyl/N-ethyl adjacent to an activating group) is 1. The number of ether oxygens (including phenoxy) is 1. The molecule has 0 amide bonds. The van der Waals surface area contributed by atoms with Crippen molar-refractivity contribution in [3.63, 3.8) is 0 Å². The van der Waals surface area contributed by atoms with Crippen LogP contribution in [0, 0.1) is 0 Å². The van der Waals surface area contributed by atoms with Crippen LogP contribution in [-0.2, 0) is 10.9 Å². The fourth-order valence-corrected chi connectivity index (χ4v) is 1.50. The number of anilines is 2. The molecule has 2 N–H and O–H groups in total. The van der Waals surface area contributed by atoms with Gasteiger partial charge in [-0.05, 0) is 25.1 Å². The summed E-state index contributed by atoms with van der Waals surface area (Å²) in [6, 6.07) is 3.90. The van der Waals surface area contributed by atoms with Crippen molar-refractivity contribution >= 4 is 11.4 Å². The number of benzene rings is 1. The number of hydrogen-bond donors (Lipinski definition) is 1. The molecular formula is C12H17F3N2O. The van der Waals surface area contributed by atoms with Gasteiger partial charge >= 0.3 is 6.18 Å². The van der Waals surface area contributed by atoms with Gasteiger partial charge in [0.15, 0.2) is 0 Å². The van der Waals surface area contributed by atoms with E-state index in [1.807, 2.05) is 6.92 Å². The van der Waals surface area contributed by atoms with Gasteiger partial charge in [0.05, 0.1) is 12.2 Å². The zero-order chi connectivity index (χ0) is 13.8. The minimum Gasteiger partial charge on any atom is -0.398 e. The summed E-state index contributed by atoms with van der Waals surface area (Å²) in [6.07, 6.45) is -4.43. The first-order valence-electron chi connectivity index (χ1n) is 5.62. The number of alkyl halides is 3. The molecule has 0 saturated carbocycles. The third-order valence-electron chi connectivity index (χ3n) is 2.56. The van der Waals surface area contributed by atoms with Gasteiger partial charge in [0.25, 0.3) is 0 Å². The van der Waals surface area contributed by atoms with Gasteiger partial charge in [-0.2, -0.15) is 13.2 Å². The summed E-state index contributed by atoms with van der Waals surface area (Å²) in [5, 5.41) is 0. The first-order chi connectivity index (χ1) is 8.36. The average Bonchev–Trinajstić information content (AvgIpc) is 2.28.